The normalized spacial score (nSPS) is 9.29. The van der Waals surface area contributed by atoms with Gasteiger partial charge in [0, 0.05) is 13.1 Å². The Hall–Kier alpha value is -1.43. The average molecular weight is 258 g/mol. The zero-order chi connectivity index (χ0) is 10.6. The molecule has 0 fully saturated rings. The fraction of sp³-hybridized carbons (Fsp3) is 0.125. The first-order valence-corrected chi connectivity index (χ1v) is 4.57. The molecule has 1 heterocycles. The highest BCUT2D eigenvalue weighted by Gasteiger charge is 2.04. The van der Waals surface area contributed by atoms with E-state index in [1.54, 1.807) is 12.1 Å². The average Bonchev–Trinajstić information content (AvgIpc) is 2.15. The molecule has 6 heteroatoms. The van der Waals surface area contributed by atoms with Gasteiger partial charge in [0.1, 0.15) is 4.60 Å². The molecule has 0 bridgehead atoms. The van der Waals surface area contributed by atoms with Gasteiger partial charge in [0.15, 0.2) is 0 Å². The number of hydrazine groups is 1. The van der Waals surface area contributed by atoms with Crippen molar-refractivity contribution in [1.29, 1.82) is 0 Å². The van der Waals surface area contributed by atoms with Crippen molar-refractivity contribution < 1.29 is 9.59 Å². The lowest BCUT2D eigenvalue weighted by atomic mass is 10.3. The Balaban J connectivity index is 2.61. The summed E-state index contributed by atoms with van der Waals surface area (Å²) in [5.74, 6) is -0.733. The standard InChI is InChI=1S/C8H8BrN3O2/c1-5(13)11-12-8(14)6-2-3-7(9)10-4-6/h2-4H,1H3,(H,11,13)(H,12,14). The Bertz CT molecular complexity index is 350. The second-order valence-electron chi connectivity index (χ2n) is 2.50. The molecule has 14 heavy (non-hydrogen) atoms. The topological polar surface area (TPSA) is 71.1 Å². The van der Waals surface area contributed by atoms with Crippen LogP contribution in [0, 0.1) is 0 Å². The number of halogens is 1. The first-order valence-electron chi connectivity index (χ1n) is 3.78. The molecule has 0 unspecified atom stereocenters. The molecule has 5 nitrogen and oxygen atoms in total. The molecule has 1 aromatic heterocycles. The highest BCUT2D eigenvalue weighted by atomic mass is 79.9. The van der Waals surface area contributed by atoms with Gasteiger partial charge in [-0.2, -0.15) is 0 Å². The number of hydrogen-bond donors (Lipinski definition) is 2. The van der Waals surface area contributed by atoms with Gasteiger partial charge in [-0.3, -0.25) is 20.4 Å². The molecular formula is C8H8BrN3O2. The minimum absolute atomic E-state index is 0.330. The molecule has 0 saturated heterocycles. The third-order valence-electron chi connectivity index (χ3n) is 1.34. The fourth-order valence-electron chi connectivity index (χ4n) is 0.727. The van der Waals surface area contributed by atoms with Crippen LogP contribution in [0.1, 0.15) is 17.3 Å². The number of carbonyl (C=O) groups is 2. The maximum Gasteiger partial charge on any atom is 0.271 e. The molecule has 1 rings (SSSR count). The lowest BCUT2D eigenvalue weighted by Crippen LogP contribution is -2.40. The van der Waals surface area contributed by atoms with Gasteiger partial charge < -0.3 is 0 Å². The van der Waals surface area contributed by atoms with E-state index in [0.717, 1.165) is 0 Å². The predicted molar refractivity (Wildman–Crippen MR) is 53.2 cm³/mol. The van der Waals surface area contributed by atoms with E-state index in [-0.39, 0.29) is 5.91 Å². The van der Waals surface area contributed by atoms with Crippen molar-refractivity contribution in [3.05, 3.63) is 28.5 Å². The smallest absolute Gasteiger partial charge is 0.271 e. The van der Waals surface area contributed by atoms with E-state index in [9.17, 15) is 9.59 Å². The molecule has 0 saturated carbocycles. The third-order valence-corrected chi connectivity index (χ3v) is 1.81. The van der Waals surface area contributed by atoms with E-state index in [1.807, 2.05) is 0 Å². The second-order valence-corrected chi connectivity index (χ2v) is 3.32. The van der Waals surface area contributed by atoms with Crippen LogP contribution in [0.3, 0.4) is 0 Å². The van der Waals surface area contributed by atoms with Gasteiger partial charge in [-0.05, 0) is 28.1 Å². The van der Waals surface area contributed by atoms with Crippen molar-refractivity contribution in [2.24, 2.45) is 0 Å². The van der Waals surface area contributed by atoms with Crippen LogP contribution < -0.4 is 10.9 Å². The molecule has 0 spiro atoms. The number of nitrogens with zero attached hydrogens (tertiary/aromatic N) is 1. The van der Waals surface area contributed by atoms with Crippen LogP contribution >= 0.6 is 15.9 Å². The quantitative estimate of drug-likeness (QED) is 0.573. The van der Waals surface area contributed by atoms with Crippen molar-refractivity contribution in [3.8, 4) is 0 Å². The zero-order valence-electron chi connectivity index (χ0n) is 7.37. The summed E-state index contributed by atoms with van der Waals surface area (Å²) in [6.45, 7) is 1.31. The minimum Gasteiger partial charge on any atom is -0.274 e. The summed E-state index contributed by atoms with van der Waals surface area (Å²) in [5.41, 5.74) is 4.78. The number of carbonyl (C=O) groups excluding carboxylic acids is 2. The van der Waals surface area contributed by atoms with E-state index < -0.39 is 5.91 Å². The van der Waals surface area contributed by atoms with E-state index >= 15 is 0 Å². The molecule has 0 aliphatic heterocycles. The Morgan fingerprint density at radius 3 is 2.57 bits per heavy atom. The predicted octanol–water partition coefficient (Wildman–Crippen LogP) is 0.625. The summed E-state index contributed by atoms with van der Waals surface area (Å²) in [4.78, 5) is 25.6. The van der Waals surface area contributed by atoms with E-state index in [1.165, 1.54) is 13.1 Å². The van der Waals surface area contributed by atoms with Gasteiger partial charge in [0.05, 0.1) is 5.56 Å². The molecule has 0 atom stereocenters. The lowest BCUT2D eigenvalue weighted by molar-refractivity contribution is -0.119. The molecule has 0 aliphatic carbocycles. The van der Waals surface area contributed by atoms with Crippen LogP contribution in [0.15, 0.2) is 22.9 Å². The fourth-order valence-corrected chi connectivity index (χ4v) is 0.962. The Morgan fingerprint density at radius 1 is 1.36 bits per heavy atom. The molecule has 0 aromatic carbocycles. The molecule has 2 amide bonds. The second kappa shape index (κ2) is 4.71. The van der Waals surface area contributed by atoms with E-state index in [0.29, 0.717) is 10.2 Å². The van der Waals surface area contributed by atoms with Crippen molar-refractivity contribution in [1.82, 2.24) is 15.8 Å². The Labute approximate surface area is 89.0 Å². The minimum atomic E-state index is -0.403. The summed E-state index contributed by atoms with van der Waals surface area (Å²) in [6, 6.07) is 3.23. The molecule has 2 N–H and O–H groups in total. The molecular weight excluding hydrogens is 250 g/mol. The number of amides is 2. The summed E-state index contributed by atoms with van der Waals surface area (Å²) < 4.78 is 0.647. The number of pyridine rings is 1. The van der Waals surface area contributed by atoms with Gasteiger partial charge >= 0.3 is 0 Å². The van der Waals surface area contributed by atoms with E-state index in [4.69, 9.17) is 0 Å². The van der Waals surface area contributed by atoms with Crippen LogP contribution in [0.4, 0.5) is 0 Å². The lowest BCUT2D eigenvalue weighted by Gasteiger charge is -2.03. The molecule has 0 aliphatic rings. The maximum absolute atomic E-state index is 11.3. The van der Waals surface area contributed by atoms with Gasteiger partial charge in [-0.15, -0.1) is 0 Å². The number of hydrogen-bond acceptors (Lipinski definition) is 3. The van der Waals surface area contributed by atoms with Crippen LogP contribution in [0.5, 0.6) is 0 Å². The van der Waals surface area contributed by atoms with Crippen LogP contribution in [0.2, 0.25) is 0 Å². The summed E-state index contributed by atoms with van der Waals surface area (Å²) >= 11 is 3.14. The Kier molecular flexibility index (Phi) is 3.58. The number of aromatic nitrogens is 1. The largest absolute Gasteiger partial charge is 0.274 e. The van der Waals surface area contributed by atoms with Crippen molar-refractivity contribution in [3.63, 3.8) is 0 Å². The van der Waals surface area contributed by atoms with Crippen molar-refractivity contribution in [2.45, 2.75) is 6.92 Å². The summed E-state index contributed by atoms with van der Waals surface area (Å²) in [7, 11) is 0. The van der Waals surface area contributed by atoms with Crippen LogP contribution in [0.25, 0.3) is 0 Å². The first kappa shape index (κ1) is 10.6. The van der Waals surface area contributed by atoms with Crippen LogP contribution in [-0.2, 0) is 4.79 Å². The van der Waals surface area contributed by atoms with Gasteiger partial charge in [-0.1, -0.05) is 0 Å². The third kappa shape index (κ3) is 3.14. The highest BCUT2D eigenvalue weighted by molar-refractivity contribution is 9.10. The highest BCUT2D eigenvalue weighted by Crippen LogP contribution is 2.05. The Morgan fingerprint density at radius 2 is 2.07 bits per heavy atom. The molecule has 0 radical (unpaired) electrons. The van der Waals surface area contributed by atoms with E-state index in [2.05, 4.69) is 31.8 Å². The van der Waals surface area contributed by atoms with Gasteiger partial charge in [0.25, 0.3) is 5.91 Å². The monoisotopic (exact) mass is 257 g/mol. The summed E-state index contributed by atoms with van der Waals surface area (Å²) in [6.07, 6.45) is 1.40. The van der Waals surface area contributed by atoms with Gasteiger partial charge in [0.2, 0.25) is 5.91 Å². The SMILES string of the molecule is CC(=O)NNC(=O)c1ccc(Br)nc1. The van der Waals surface area contributed by atoms with Crippen molar-refractivity contribution >= 4 is 27.7 Å². The summed E-state index contributed by atoms with van der Waals surface area (Å²) in [5, 5.41) is 0. The first-order chi connectivity index (χ1) is 6.59. The molecule has 1 aromatic rings. The van der Waals surface area contributed by atoms with Gasteiger partial charge in [-0.25, -0.2) is 4.98 Å². The van der Waals surface area contributed by atoms with Crippen LogP contribution in [-0.4, -0.2) is 16.8 Å². The number of rotatable bonds is 1. The molecule has 74 valence electrons. The maximum atomic E-state index is 11.3. The zero-order valence-corrected chi connectivity index (χ0v) is 8.96. The number of nitrogens with one attached hydrogen (secondary N) is 2. The van der Waals surface area contributed by atoms with Crippen molar-refractivity contribution in [2.75, 3.05) is 0 Å².